The fourth-order valence-corrected chi connectivity index (χ4v) is 3.10. The number of carbonyl (C=O) groups excluding carboxylic acids is 1. The highest BCUT2D eigenvalue weighted by molar-refractivity contribution is 5.78. The topological polar surface area (TPSA) is 73.6 Å². The molecule has 2 aliphatic rings. The van der Waals surface area contributed by atoms with Crippen LogP contribution in [0.15, 0.2) is 0 Å². The van der Waals surface area contributed by atoms with Gasteiger partial charge in [0.25, 0.3) is 0 Å². The largest absolute Gasteiger partial charge is 0.378 e. The molecule has 3 unspecified atom stereocenters. The Morgan fingerprint density at radius 2 is 2.37 bits per heavy atom. The lowest BCUT2D eigenvalue weighted by molar-refractivity contribution is -0.128. The van der Waals surface area contributed by atoms with Crippen molar-refractivity contribution in [2.45, 2.75) is 37.7 Å². The van der Waals surface area contributed by atoms with Crippen molar-refractivity contribution in [1.82, 2.24) is 5.32 Å². The van der Waals surface area contributed by atoms with Gasteiger partial charge in [-0.1, -0.05) is 6.42 Å². The van der Waals surface area contributed by atoms with Crippen LogP contribution in [-0.4, -0.2) is 44.9 Å². The maximum absolute atomic E-state index is 12.2. The van der Waals surface area contributed by atoms with Crippen molar-refractivity contribution in [1.29, 1.82) is 0 Å². The van der Waals surface area contributed by atoms with E-state index in [0.717, 1.165) is 32.1 Å². The fraction of sp³-hybridized carbons (Fsp3) is 0.929. The van der Waals surface area contributed by atoms with E-state index in [2.05, 4.69) is 5.32 Å². The van der Waals surface area contributed by atoms with Crippen LogP contribution in [0.5, 0.6) is 0 Å². The first kappa shape index (κ1) is 14.8. The van der Waals surface area contributed by atoms with Gasteiger partial charge >= 0.3 is 0 Å². The number of amides is 1. The zero-order valence-electron chi connectivity index (χ0n) is 11.8. The van der Waals surface area contributed by atoms with Gasteiger partial charge in [-0.2, -0.15) is 0 Å². The molecule has 0 radical (unpaired) electrons. The van der Waals surface area contributed by atoms with Crippen molar-refractivity contribution in [2.24, 2.45) is 17.6 Å². The van der Waals surface area contributed by atoms with Gasteiger partial charge < -0.3 is 20.5 Å². The summed E-state index contributed by atoms with van der Waals surface area (Å²) >= 11 is 0. The van der Waals surface area contributed by atoms with Gasteiger partial charge in [0.1, 0.15) is 5.60 Å². The summed E-state index contributed by atoms with van der Waals surface area (Å²) < 4.78 is 10.9. The Bertz CT molecular complexity index is 303. The van der Waals surface area contributed by atoms with E-state index >= 15 is 0 Å². The fourth-order valence-electron chi connectivity index (χ4n) is 3.10. The molecule has 1 aliphatic carbocycles. The molecule has 3 atom stereocenters. The van der Waals surface area contributed by atoms with Crippen molar-refractivity contribution in [3.63, 3.8) is 0 Å². The molecule has 1 aliphatic heterocycles. The van der Waals surface area contributed by atoms with Gasteiger partial charge in [-0.3, -0.25) is 4.79 Å². The second-order valence-electron chi connectivity index (χ2n) is 5.87. The number of methoxy groups -OCH3 is 1. The third-order valence-corrected chi connectivity index (χ3v) is 4.57. The maximum atomic E-state index is 12.2. The Hall–Kier alpha value is -0.650. The van der Waals surface area contributed by atoms with Gasteiger partial charge in [0.05, 0.1) is 6.61 Å². The molecule has 110 valence electrons. The minimum absolute atomic E-state index is 0.124. The molecule has 2 fully saturated rings. The van der Waals surface area contributed by atoms with E-state index in [9.17, 15) is 4.79 Å². The van der Waals surface area contributed by atoms with Gasteiger partial charge in [0.15, 0.2) is 0 Å². The maximum Gasteiger partial charge on any atom is 0.223 e. The predicted molar refractivity (Wildman–Crippen MR) is 72.7 cm³/mol. The summed E-state index contributed by atoms with van der Waals surface area (Å²) in [5, 5.41) is 3.05. The highest BCUT2D eigenvalue weighted by Crippen LogP contribution is 2.29. The lowest BCUT2D eigenvalue weighted by Gasteiger charge is -2.30. The highest BCUT2D eigenvalue weighted by atomic mass is 16.5. The average molecular weight is 270 g/mol. The van der Waals surface area contributed by atoms with Crippen molar-refractivity contribution < 1.29 is 14.3 Å². The smallest absolute Gasteiger partial charge is 0.223 e. The van der Waals surface area contributed by atoms with Crippen molar-refractivity contribution in [2.75, 3.05) is 33.4 Å². The van der Waals surface area contributed by atoms with Crippen LogP contribution in [0.1, 0.15) is 32.1 Å². The van der Waals surface area contributed by atoms with E-state index in [1.54, 1.807) is 7.11 Å². The quantitative estimate of drug-likeness (QED) is 0.770. The highest BCUT2D eigenvalue weighted by Gasteiger charge is 2.36. The zero-order chi connectivity index (χ0) is 13.7. The van der Waals surface area contributed by atoms with Gasteiger partial charge in [-0.25, -0.2) is 0 Å². The second-order valence-corrected chi connectivity index (χ2v) is 5.87. The normalized spacial score (nSPS) is 35.3. The number of nitrogens with one attached hydrogen (secondary N) is 1. The molecule has 1 amide bonds. The molecule has 0 aromatic carbocycles. The van der Waals surface area contributed by atoms with Crippen LogP contribution in [0.2, 0.25) is 0 Å². The predicted octanol–water partition coefficient (Wildman–Crippen LogP) is 0.673. The molecule has 0 aromatic rings. The lowest BCUT2D eigenvalue weighted by Crippen LogP contribution is -2.47. The Balaban J connectivity index is 1.80. The average Bonchev–Trinajstić information content (AvgIpc) is 2.94. The summed E-state index contributed by atoms with van der Waals surface area (Å²) in [5.74, 6) is 0.788. The van der Waals surface area contributed by atoms with Gasteiger partial charge in [-0.05, 0) is 31.7 Å². The van der Waals surface area contributed by atoms with Crippen LogP contribution in [0.25, 0.3) is 0 Å². The van der Waals surface area contributed by atoms with Crippen molar-refractivity contribution in [3.05, 3.63) is 0 Å². The number of hydrogen-bond acceptors (Lipinski definition) is 4. The molecule has 5 heteroatoms. The van der Waals surface area contributed by atoms with Crippen LogP contribution in [0, 0.1) is 11.8 Å². The number of rotatable bonds is 5. The number of carbonyl (C=O) groups is 1. The summed E-state index contributed by atoms with van der Waals surface area (Å²) in [5.41, 5.74) is 5.39. The first-order valence-corrected chi connectivity index (χ1v) is 7.30. The van der Waals surface area contributed by atoms with Crippen LogP contribution in [0.4, 0.5) is 0 Å². The molecule has 1 saturated carbocycles. The van der Waals surface area contributed by atoms with Crippen LogP contribution in [-0.2, 0) is 14.3 Å². The van der Waals surface area contributed by atoms with Gasteiger partial charge in [-0.15, -0.1) is 0 Å². The van der Waals surface area contributed by atoms with E-state index in [1.807, 2.05) is 0 Å². The van der Waals surface area contributed by atoms with Gasteiger partial charge in [0, 0.05) is 32.6 Å². The number of nitrogens with two attached hydrogens (primary N) is 1. The Morgan fingerprint density at radius 1 is 1.53 bits per heavy atom. The SMILES string of the molecule is COC1(CNC(=O)C2CCCC(CN)C2)CCOC1. The van der Waals surface area contributed by atoms with Crippen molar-refractivity contribution >= 4 is 5.91 Å². The van der Waals surface area contributed by atoms with Crippen LogP contribution < -0.4 is 11.1 Å². The van der Waals surface area contributed by atoms with Crippen LogP contribution in [0.3, 0.4) is 0 Å². The Labute approximate surface area is 115 Å². The van der Waals surface area contributed by atoms with E-state index < -0.39 is 0 Å². The molecule has 2 rings (SSSR count). The summed E-state index contributed by atoms with van der Waals surface area (Å²) in [6, 6.07) is 0. The molecule has 5 nitrogen and oxygen atoms in total. The molecular formula is C14H26N2O3. The molecule has 19 heavy (non-hydrogen) atoms. The van der Waals surface area contributed by atoms with E-state index in [0.29, 0.717) is 32.2 Å². The third kappa shape index (κ3) is 3.68. The monoisotopic (exact) mass is 270 g/mol. The molecule has 1 saturated heterocycles. The second kappa shape index (κ2) is 6.68. The molecule has 1 heterocycles. The molecule has 0 bridgehead atoms. The summed E-state index contributed by atoms with van der Waals surface area (Å²) in [7, 11) is 1.69. The molecule has 0 aromatic heterocycles. The molecule has 0 spiro atoms. The lowest BCUT2D eigenvalue weighted by atomic mass is 9.81. The first-order chi connectivity index (χ1) is 9.19. The summed E-state index contributed by atoms with van der Waals surface area (Å²) in [6.45, 7) is 2.52. The Kier molecular flexibility index (Phi) is 5.19. The number of ether oxygens (including phenoxy) is 2. The van der Waals surface area contributed by atoms with E-state index in [1.165, 1.54) is 0 Å². The summed E-state index contributed by atoms with van der Waals surface area (Å²) in [6.07, 6.45) is 5.03. The number of hydrogen-bond donors (Lipinski definition) is 2. The Morgan fingerprint density at radius 3 is 3.00 bits per heavy atom. The zero-order valence-corrected chi connectivity index (χ0v) is 11.8. The van der Waals surface area contributed by atoms with Crippen molar-refractivity contribution in [3.8, 4) is 0 Å². The molecule has 3 N–H and O–H groups in total. The van der Waals surface area contributed by atoms with Crippen LogP contribution >= 0.6 is 0 Å². The van der Waals surface area contributed by atoms with E-state index in [-0.39, 0.29) is 17.4 Å². The van der Waals surface area contributed by atoms with E-state index in [4.69, 9.17) is 15.2 Å². The standard InChI is InChI=1S/C14H26N2O3/c1-18-14(5-6-19-10-14)9-16-13(17)12-4-2-3-11(7-12)8-15/h11-12H,2-10,15H2,1H3,(H,16,17). The first-order valence-electron chi connectivity index (χ1n) is 7.30. The third-order valence-electron chi connectivity index (χ3n) is 4.57. The minimum atomic E-state index is -0.322. The summed E-state index contributed by atoms with van der Waals surface area (Å²) in [4.78, 5) is 12.2. The minimum Gasteiger partial charge on any atom is -0.378 e. The molecular weight excluding hydrogens is 244 g/mol. The van der Waals surface area contributed by atoms with Gasteiger partial charge in [0.2, 0.25) is 5.91 Å².